The molecule has 0 heterocycles. The van der Waals surface area contributed by atoms with Gasteiger partial charge in [-0.15, -0.1) is 0 Å². The second kappa shape index (κ2) is 8.33. The van der Waals surface area contributed by atoms with Crippen molar-refractivity contribution in [3.05, 3.63) is 60.2 Å². The molecule has 2 rings (SSSR count). The van der Waals surface area contributed by atoms with Crippen LogP contribution in [0.2, 0.25) is 0 Å². The molecular weight excluding hydrogens is 352 g/mol. The number of rotatable bonds is 7. The number of likely N-dealkylation sites (N-methyl/N-ethyl adjacent to an activating group) is 1. The molecule has 1 unspecified atom stereocenters. The van der Waals surface area contributed by atoms with Gasteiger partial charge in [-0.05, 0) is 43.7 Å². The van der Waals surface area contributed by atoms with Crippen molar-refractivity contribution in [1.82, 2.24) is 4.31 Å². The fourth-order valence-corrected chi connectivity index (χ4v) is 3.05. The molecule has 0 bridgehead atoms. The van der Waals surface area contributed by atoms with E-state index >= 15 is 0 Å². The minimum atomic E-state index is -3.56. The van der Waals surface area contributed by atoms with Crippen molar-refractivity contribution in [2.45, 2.75) is 26.0 Å². The van der Waals surface area contributed by atoms with E-state index in [4.69, 9.17) is 4.74 Å². The third-order valence-corrected chi connectivity index (χ3v) is 5.00. The van der Waals surface area contributed by atoms with Gasteiger partial charge in [0.25, 0.3) is 0 Å². The Labute approximate surface area is 154 Å². The third-order valence-electron chi connectivity index (χ3n) is 3.74. The van der Waals surface area contributed by atoms with Gasteiger partial charge >= 0.3 is 0 Å². The van der Waals surface area contributed by atoms with Crippen molar-refractivity contribution in [3.8, 4) is 5.75 Å². The summed E-state index contributed by atoms with van der Waals surface area (Å²) in [6, 6.07) is 14.8. The lowest BCUT2D eigenvalue weighted by molar-refractivity contribution is -0.119. The summed E-state index contributed by atoms with van der Waals surface area (Å²) in [6.45, 7) is 3.86. The number of nitrogens with one attached hydrogen (secondary N) is 1. The van der Waals surface area contributed by atoms with E-state index in [1.807, 2.05) is 19.9 Å². The number of ether oxygens (including phenoxy) is 1. The Kier molecular flexibility index (Phi) is 6.39. The molecule has 0 radical (unpaired) electrons. The van der Waals surface area contributed by atoms with Crippen LogP contribution in [0.4, 0.5) is 5.69 Å². The Morgan fingerprint density at radius 2 is 1.62 bits per heavy atom. The van der Waals surface area contributed by atoms with Gasteiger partial charge in [0.1, 0.15) is 11.8 Å². The highest BCUT2D eigenvalue weighted by atomic mass is 32.2. The van der Waals surface area contributed by atoms with Crippen LogP contribution in [0.5, 0.6) is 5.75 Å². The van der Waals surface area contributed by atoms with Gasteiger partial charge in [0.2, 0.25) is 15.9 Å². The zero-order valence-corrected chi connectivity index (χ0v) is 16.2. The number of nitrogens with zero attached hydrogens (tertiary/aromatic N) is 1. The molecule has 0 aliphatic carbocycles. The summed E-state index contributed by atoms with van der Waals surface area (Å²) in [5.41, 5.74) is 1.16. The average molecular weight is 376 g/mol. The van der Waals surface area contributed by atoms with E-state index in [1.54, 1.807) is 48.5 Å². The minimum absolute atomic E-state index is 0.0568. The number of anilines is 1. The first kappa shape index (κ1) is 19.9. The van der Waals surface area contributed by atoms with Crippen LogP contribution >= 0.6 is 0 Å². The summed E-state index contributed by atoms with van der Waals surface area (Å²) in [5.74, 6) is 0.271. The second-order valence-electron chi connectivity index (χ2n) is 6.27. The first-order chi connectivity index (χ1) is 12.2. The predicted octanol–water partition coefficient (Wildman–Crippen LogP) is 3.05. The Morgan fingerprint density at radius 3 is 2.12 bits per heavy atom. The second-order valence-corrected chi connectivity index (χ2v) is 8.31. The minimum Gasteiger partial charge on any atom is -0.491 e. The van der Waals surface area contributed by atoms with Gasteiger partial charge in [-0.25, -0.2) is 8.42 Å². The van der Waals surface area contributed by atoms with Crippen LogP contribution < -0.4 is 10.1 Å². The van der Waals surface area contributed by atoms with E-state index in [2.05, 4.69) is 5.32 Å². The van der Waals surface area contributed by atoms with Gasteiger partial charge in [0.05, 0.1) is 12.4 Å². The van der Waals surface area contributed by atoms with E-state index in [0.717, 1.165) is 10.6 Å². The first-order valence-electron chi connectivity index (χ1n) is 8.24. The van der Waals surface area contributed by atoms with Crippen LogP contribution in [0, 0.1) is 0 Å². The van der Waals surface area contributed by atoms with Gasteiger partial charge in [-0.2, -0.15) is 4.31 Å². The molecule has 7 heteroatoms. The van der Waals surface area contributed by atoms with Crippen molar-refractivity contribution in [3.63, 3.8) is 0 Å². The molecule has 2 aromatic carbocycles. The smallest absolute Gasteiger partial charge is 0.247 e. The molecule has 0 spiro atoms. The molecule has 0 aliphatic heterocycles. The van der Waals surface area contributed by atoms with Gasteiger partial charge in [0.15, 0.2) is 0 Å². The van der Waals surface area contributed by atoms with Crippen molar-refractivity contribution in [2.24, 2.45) is 0 Å². The first-order valence-corrected chi connectivity index (χ1v) is 10.1. The number of sulfonamides is 1. The maximum atomic E-state index is 12.8. The SMILES string of the molecule is CC(C)Oc1ccc(NC(=O)C(c2ccccc2)N(C)S(C)(=O)=O)cc1. The van der Waals surface area contributed by atoms with Crippen LogP contribution in [-0.2, 0) is 14.8 Å². The zero-order valence-electron chi connectivity index (χ0n) is 15.3. The monoisotopic (exact) mass is 376 g/mol. The molecule has 26 heavy (non-hydrogen) atoms. The van der Waals surface area contributed by atoms with Crippen LogP contribution in [0.25, 0.3) is 0 Å². The van der Waals surface area contributed by atoms with Crippen LogP contribution in [0.15, 0.2) is 54.6 Å². The summed E-state index contributed by atoms with van der Waals surface area (Å²) in [5, 5.41) is 2.77. The highest BCUT2D eigenvalue weighted by Gasteiger charge is 2.30. The average Bonchev–Trinajstić information content (AvgIpc) is 2.56. The van der Waals surface area contributed by atoms with Gasteiger partial charge < -0.3 is 10.1 Å². The number of carbonyl (C=O) groups is 1. The fourth-order valence-electron chi connectivity index (χ4n) is 2.45. The molecule has 1 atom stereocenters. The molecule has 0 aliphatic rings. The summed E-state index contributed by atoms with van der Waals surface area (Å²) in [4.78, 5) is 12.8. The number of carbonyl (C=O) groups excluding carboxylic acids is 1. The van der Waals surface area contributed by atoms with Crippen LogP contribution in [0.3, 0.4) is 0 Å². The van der Waals surface area contributed by atoms with E-state index in [9.17, 15) is 13.2 Å². The third kappa shape index (κ3) is 5.31. The van der Waals surface area contributed by atoms with Crippen molar-refractivity contribution in [1.29, 1.82) is 0 Å². The van der Waals surface area contributed by atoms with Gasteiger partial charge in [-0.3, -0.25) is 4.79 Å². The molecule has 1 amide bonds. The molecule has 140 valence electrons. The van der Waals surface area contributed by atoms with Crippen LogP contribution in [-0.4, -0.2) is 38.0 Å². The van der Waals surface area contributed by atoms with Gasteiger partial charge in [0, 0.05) is 12.7 Å². The van der Waals surface area contributed by atoms with Gasteiger partial charge in [-0.1, -0.05) is 30.3 Å². The predicted molar refractivity (Wildman–Crippen MR) is 103 cm³/mol. The Morgan fingerprint density at radius 1 is 1.04 bits per heavy atom. The summed E-state index contributed by atoms with van der Waals surface area (Å²) < 4.78 is 30.6. The summed E-state index contributed by atoms with van der Waals surface area (Å²) in [6.07, 6.45) is 1.13. The fraction of sp³-hybridized carbons (Fsp3) is 0.316. The standard InChI is InChI=1S/C19H24N2O4S/c1-14(2)25-17-12-10-16(11-13-17)20-19(22)18(21(3)26(4,23)24)15-8-6-5-7-9-15/h5-14,18H,1-4H3,(H,20,22). The zero-order chi connectivity index (χ0) is 19.3. The van der Waals surface area contributed by atoms with Crippen molar-refractivity contribution < 1.29 is 17.9 Å². The largest absolute Gasteiger partial charge is 0.491 e. The lowest BCUT2D eigenvalue weighted by Gasteiger charge is -2.25. The van der Waals surface area contributed by atoms with Crippen LogP contribution in [0.1, 0.15) is 25.5 Å². The molecule has 2 aromatic rings. The summed E-state index contributed by atoms with van der Waals surface area (Å²) >= 11 is 0. The normalized spacial score (nSPS) is 12.8. The number of hydrogen-bond acceptors (Lipinski definition) is 4. The van der Waals surface area contributed by atoms with E-state index in [0.29, 0.717) is 17.0 Å². The molecule has 6 nitrogen and oxygen atoms in total. The number of hydrogen-bond donors (Lipinski definition) is 1. The molecule has 1 N–H and O–H groups in total. The maximum Gasteiger partial charge on any atom is 0.247 e. The van der Waals surface area contributed by atoms with E-state index in [1.165, 1.54) is 7.05 Å². The molecule has 0 fully saturated rings. The lowest BCUT2D eigenvalue weighted by Crippen LogP contribution is -2.38. The Balaban J connectivity index is 2.24. The van der Waals surface area contributed by atoms with E-state index in [-0.39, 0.29) is 6.10 Å². The molecular formula is C19H24N2O4S. The Bertz CT molecular complexity index is 834. The molecule has 0 saturated heterocycles. The number of amides is 1. The molecule has 0 saturated carbocycles. The molecule has 0 aromatic heterocycles. The highest BCUT2D eigenvalue weighted by molar-refractivity contribution is 7.88. The Hall–Kier alpha value is -2.38. The quantitative estimate of drug-likeness (QED) is 0.806. The highest BCUT2D eigenvalue weighted by Crippen LogP contribution is 2.24. The summed E-state index contributed by atoms with van der Waals surface area (Å²) in [7, 11) is -2.16. The van der Waals surface area contributed by atoms with Crippen molar-refractivity contribution in [2.75, 3.05) is 18.6 Å². The lowest BCUT2D eigenvalue weighted by atomic mass is 10.1. The number of benzene rings is 2. The topological polar surface area (TPSA) is 75.7 Å². The van der Waals surface area contributed by atoms with E-state index < -0.39 is 22.0 Å². The maximum absolute atomic E-state index is 12.8. The van der Waals surface area contributed by atoms with Crippen molar-refractivity contribution >= 4 is 21.6 Å².